The molecule has 1 aliphatic heterocycles. The van der Waals surface area contributed by atoms with Crippen molar-refractivity contribution in [3.63, 3.8) is 0 Å². The number of nitrogens with zero attached hydrogens (tertiary/aromatic N) is 1. The number of carboxylic acids is 1. The van der Waals surface area contributed by atoms with Gasteiger partial charge in [0, 0.05) is 19.6 Å². The highest BCUT2D eigenvalue weighted by atomic mass is 16.4. The summed E-state index contributed by atoms with van der Waals surface area (Å²) < 4.78 is 0. The summed E-state index contributed by atoms with van der Waals surface area (Å²) >= 11 is 0. The first-order valence-electron chi connectivity index (χ1n) is 6.20. The molecule has 0 aromatic carbocycles. The molecule has 0 aliphatic carbocycles. The van der Waals surface area contributed by atoms with E-state index in [1.807, 2.05) is 20.8 Å². The minimum atomic E-state index is -0.793. The van der Waals surface area contributed by atoms with Gasteiger partial charge < -0.3 is 15.3 Å². The van der Waals surface area contributed by atoms with E-state index in [2.05, 4.69) is 5.32 Å². The van der Waals surface area contributed by atoms with Crippen LogP contribution in [0.2, 0.25) is 0 Å². The SMILES string of the molecule is CCCNC(=O)N1CCC(C(=O)O)(C(C)C)C1. The van der Waals surface area contributed by atoms with Crippen molar-refractivity contribution in [3.8, 4) is 0 Å². The summed E-state index contributed by atoms with van der Waals surface area (Å²) in [5.74, 6) is -0.762. The average Bonchev–Trinajstić information content (AvgIpc) is 2.72. The van der Waals surface area contributed by atoms with Crippen molar-refractivity contribution in [1.29, 1.82) is 0 Å². The lowest BCUT2D eigenvalue weighted by molar-refractivity contribution is -0.150. The van der Waals surface area contributed by atoms with Gasteiger partial charge in [0.25, 0.3) is 0 Å². The zero-order valence-corrected chi connectivity index (χ0v) is 10.8. The van der Waals surface area contributed by atoms with Crippen molar-refractivity contribution >= 4 is 12.0 Å². The molecule has 2 N–H and O–H groups in total. The van der Waals surface area contributed by atoms with E-state index in [0.29, 0.717) is 26.1 Å². The molecule has 1 heterocycles. The molecule has 0 radical (unpaired) electrons. The van der Waals surface area contributed by atoms with Crippen molar-refractivity contribution in [3.05, 3.63) is 0 Å². The smallest absolute Gasteiger partial charge is 0.317 e. The van der Waals surface area contributed by atoms with Crippen LogP contribution in [-0.4, -0.2) is 41.6 Å². The van der Waals surface area contributed by atoms with Crippen molar-refractivity contribution in [2.75, 3.05) is 19.6 Å². The van der Waals surface area contributed by atoms with E-state index in [0.717, 1.165) is 6.42 Å². The van der Waals surface area contributed by atoms with Gasteiger partial charge in [-0.1, -0.05) is 20.8 Å². The van der Waals surface area contributed by atoms with Gasteiger partial charge in [0.05, 0.1) is 5.41 Å². The van der Waals surface area contributed by atoms with Crippen LogP contribution in [0.3, 0.4) is 0 Å². The van der Waals surface area contributed by atoms with Gasteiger partial charge in [-0.05, 0) is 18.8 Å². The highest BCUT2D eigenvalue weighted by Crippen LogP contribution is 2.38. The van der Waals surface area contributed by atoms with Gasteiger partial charge in [-0.15, -0.1) is 0 Å². The lowest BCUT2D eigenvalue weighted by atomic mass is 9.76. The number of hydrogen-bond donors (Lipinski definition) is 2. The van der Waals surface area contributed by atoms with Crippen LogP contribution in [0.25, 0.3) is 0 Å². The van der Waals surface area contributed by atoms with Crippen LogP contribution >= 0.6 is 0 Å². The Hall–Kier alpha value is -1.26. The molecule has 0 bridgehead atoms. The first kappa shape index (κ1) is 13.8. The standard InChI is InChI=1S/C12H22N2O3/c1-4-6-13-11(17)14-7-5-12(8-14,9(2)3)10(15)16/h9H,4-8H2,1-3H3,(H,13,17)(H,15,16). The third kappa shape index (κ3) is 2.70. The number of carbonyl (C=O) groups excluding carboxylic acids is 1. The maximum atomic E-state index is 11.8. The second kappa shape index (κ2) is 5.38. The van der Waals surface area contributed by atoms with Gasteiger partial charge in [0.2, 0.25) is 0 Å². The molecule has 1 rings (SSSR count). The topological polar surface area (TPSA) is 69.6 Å². The molecular weight excluding hydrogens is 220 g/mol. The van der Waals surface area contributed by atoms with E-state index in [9.17, 15) is 14.7 Å². The number of aliphatic carboxylic acids is 1. The van der Waals surface area contributed by atoms with Gasteiger partial charge in [0.1, 0.15) is 0 Å². The fourth-order valence-electron chi connectivity index (χ4n) is 2.24. The van der Waals surface area contributed by atoms with Crippen molar-refractivity contribution in [2.45, 2.75) is 33.6 Å². The zero-order chi connectivity index (χ0) is 13.1. The molecule has 17 heavy (non-hydrogen) atoms. The summed E-state index contributed by atoms with van der Waals surface area (Å²) in [6, 6.07) is -0.143. The average molecular weight is 242 g/mol. The highest BCUT2D eigenvalue weighted by molar-refractivity contribution is 5.80. The van der Waals surface area contributed by atoms with Gasteiger partial charge in [-0.2, -0.15) is 0 Å². The lowest BCUT2D eigenvalue weighted by Crippen LogP contribution is -2.43. The van der Waals surface area contributed by atoms with Crippen molar-refractivity contribution in [1.82, 2.24) is 10.2 Å². The fraction of sp³-hybridized carbons (Fsp3) is 0.833. The van der Waals surface area contributed by atoms with E-state index in [1.165, 1.54) is 0 Å². The normalized spacial score (nSPS) is 24.1. The maximum Gasteiger partial charge on any atom is 0.317 e. The molecular formula is C12H22N2O3. The van der Waals surface area contributed by atoms with E-state index >= 15 is 0 Å². The van der Waals surface area contributed by atoms with Crippen molar-refractivity contribution < 1.29 is 14.7 Å². The number of carbonyl (C=O) groups is 2. The van der Waals surface area contributed by atoms with Crippen LogP contribution in [-0.2, 0) is 4.79 Å². The van der Waals surface area contributed by atoms with Crippen LogP contribution in [0, 0.1) is 11.3 Å². The Morgan fingerprint density at radius 2 is 2.12 bits per heavy atom. The van der Waals surface area contributed by atoms with E-state index in [-0.39, 0.29) is 11.9 Å². The maximum absolute atomic E-state index is 11.8. The molecule has 5 nitrogen and oxygen atoms in total. The summed E-state index contributed by atoms with van der Waals surface area (Å²) in [5.41, 5.74) is -0.774. The molecule has 0 saturated carbocycles. The third-order valence-corrected chi connectivity index (χ3v) is 3.65. The monoisotopic (exact) mass is 242 g/mol. The molecule has 1 saturated heterocycles. The number of likely N-dealkylation sites (tertiary alicyclic amines) is 1. The Balaban J connectivity index is 2.67. The van der Waals surface area contributed by atoms with Crippen molar-refractivity contribution in [2.24, 2.45) is 11.3 Å². The molecule has 1 atom stereocenters. The summed E-state index contributed by atoms with van der Waals surface area (Å²) in [6.07, 6.45) is 1.42. The number of urea groups is 1. The van der Waals surface area contributed by atoms with Crippen LogP contribution in [0.4, 0.5) is 4.79 Å². The van der Waals surface area contributed by atoms with Crippen LogP contribution in [0.15, 0.2) is 0 Å². The van der Waals surface area contributed by atoms with E-state index in [4.69, 9.17) is 0 Å². The van der Waals surface area contributed by atoms with Gasteiger partial charge in [0.15, 0.2) is 0 Å². The molecule has 98 valence electrons. The highest BCUT2D eigenvalue weighted by Gasteiger charge is 2.48. The molecule has 0 spiro atoms. The second-order valence-corrected chi connectivity index (χ2v) is 5.02. The number of hydrogen-bond acceptors (Lipinski definition) is 2. The van der Waals surface area contributed by atoms with Crippen LogP contribution < -0.4 is 5.32 Å². The summed E-state index contributed by atoms with van der Waals surface area (Å²) in [7, 11) is 0. The quantitative estimate of drug-likeness (QED) is 0.785. The minimum Gasteiger partial charge on any atom is -0.481 e. The fourth-order valence-corrected chi connectivity index (χ4v) is 2.24. The first-order chi connectivity index (χ1) is 7.94. The molecule has 0 aromatic heterocycles. The first-order valence-corrected chi connectivity index (χ1v) is 6.20. The van der Waals surface area contributed by atoms with Gasteiger partial charge >= 0.3 is 12.0 Å². The zero-order valence-electron chi connectivity index (χ0n) is 10.8. The minimum absolute atomic E-state index is 0.0315. The molecule has 5 heteroatoms. The van der Waals surface area contributed by atoms with Gasteiger partial charge in [-0.3, -0.25) is 4.79 Å². The Kier molecular flexibility index (Phi) is 4.37. The predicted molar refractivity (Wildman–Crippen MR) is 64.8 cm³/mol. The molecule has 1 fully saturated rings. The van der Waals surface area contributed by atoms with Crippen LogP contribution in [0.1, 0.15) is 33.6 Å². The second-order valence-electron chi connectivity index (χ2n) is 5.02. The Bertz CT molecular complexity index is 304. The van der Waals surface area contributed by atoms with Gasteiger partial charge in [-0.25, -0.2) is 4.79 Å². The molecule has 1 unspecified atom stereocenters. The lowest BCUT2D eigenvalue weighted by Gasteiger charge is -2.28. The largest absolute Gasteiger partial charge is 0.481 e. The predicted octanol–water partition coefficient (Wildman–Crippen LogP) is 1.54. The third-order valence-electron chi connectivity index (χ3n) is 3.65. The number of amides is 2. The van der Waals surface area contributed by atoms with Crippen LogP contribution in [0.5, 0.6) is 0 Å². The Morgan fingerprint density at radius 3 is 2.53 bits per heavy atom. The summed E-state index contributed by atoms with van der Waals surface area (Å²) in [4.78, 5) is 24.8. The summed E-state index contributed by atoms with van der Waals surface area (Å²) in [5, 5.41) is 12.1. The number of carboxylic acid groups (broad SMARTS) is 1. The Labute approximate surface area is 102 Å². The number of nitrogens with one attached hydrogen (secondary N) is 1. The number of rotatable bonds is 4. The molecule has 2 amide bonds. The Morgan fingerprint density at radius 1 is 1.47 bits per heavy atom. The van der Waals surface area contributed by atoms with E-state index < -0.39 is 11.4 Å². The molecule has 0 aromatic rings. The molecule has 1 aliphatic rings. The van der Waals surface area contributed by atoms with E-state index in [1.54, 1.807) is 4.90 Å². The summed E-state index contributed by atoms with van der Waals surface area (Å²) in [6.45, 7) is 7.27.